The second kappa shape index (κ2) is 4.53. The van der Waals surface area contributed by atoms with Crippen LogP contribution in [0.25, 0.3) is 5.32 Å². The quantitative estimate of drug-likeness (QED) is 0.195. The molecule has 0 N–H and O–H groups in total. The van der Waals surface area contributed by atoms with Crippen molar-refractivity contribution in [3.8, 4) is 0 Å². The van der Waals surface area contributed by atoms with E-state index in [9.17, 15) is 27.2 Å². The molecule has 1 heterocycles. The minimum absolute atomic E-state index is 0. The zero-order valence-electron chi connectivity index (χ0n) is 7.78. The standard InChI is InChI=1S/C8HF4NO2.K/c9-3-1-2(8(15)13-7(1)14)4(10)6(12)5(3)11;/h(H,13,14,15);/q;+1/p-1. The molecule has 16 heavy (non-hydrogen) atoms. The molecule has 0 spiro atoms. The molecule has 0 aromatic heterocycles. The summed E-state index contributed by atoms with van der Waals surface area (Å²) in [4.78, 5) is 21.7. The van der Waals surface area contributed by atoms with Crippen LogP contribution in [-0.4, -0.2) is 11.8 Å². The van der Waals surface area contributed by atoms with Gasteiger partial charge in [0, 0.05) is 0 Å². The van der Waals surface area contributed by atoms with Gasteiger partial charge in [0.2, 0.25) is 0 Å². The minimum atomic E-state index is -2.13. The first-order chi connectivity index (χ1) is 6.95. The number of benzene rings is 1. The Balaban J connectivity index is 0.00000128. The van der Waals surface area contributed by atoms with Crippen LogP contribution >= 0.6 is 0 Å². The molecule has 0 saturated carbocycles. The number of fused-ring (bicyclic) bond motifs is 1. The molecule has 0 bridgehead atoms. The van der Waals surface area contributed by atoms with Crippen LogP contribution in [-0.2, 0) is 0 Å². The summed E-state index contributed by atoms with van der Waals surface area (Å²) in [5.74, 6) is -10.9. The number of carbonyl (C=O) groups is 2. The molecule has 2 rings (SSSR count). The van der Waals surface area contributed by atoms with Gasteiger partial charge < -0.3 is 14.9 Å². The van der Waals surface area contributed by atoms with Crippen molar-refractivity contribution < 1.29 is 78.5 Å². The summed E-state index contributed by atoms with van der Waals surface area (Å²) in [6, 6.07) is 0. The molecule has 2 amide bonds. The molecule has 1 aliphatic rings. The van der Waals surface area contributed by atoms with E-state index in [1.54, 1.807) is 0 Å². The van der Waals surface area contributed by atoms with Crippen molar-refractivity contribution in [2.24, 2.45) is 0 Å². The van der Waals surface area contributed by atoms with Crippen LogP contribution in [0.2, 0.25) is 0 Å². The smallest absolute Gasteiger partial charge is 0.587 e. The number of carbonyl (C=O) groups excluding carboxylic acids is 2. The number of imide groups is 1. The van der Waals surface area contributed by atoms with E-state index in [1.165, 1.54) is 0 Å². The van der Waals surface area contributed by atoms with Crippen molar-refractivity contribution >= 4 is 11.8 Å². The van der Waals surface area contributed by atoms with E-state index >= 15 is 0 Å². The predicted molar refractivity (Wildman–Crippen MR) is 38.3 cm³/mol. The maximum atomic E-state index is 13.0. The van der Waals surface area contributed by atoms with Crippen LogP contribution in [0.15, 0.2) is 0 Å². The van der Waals surface area contributed by atoms with Gasteiger partial charge in [-0.2, -0.15) is 0 Å². The first-order valence-electron chi connectivity index (χ1n) is 3.61. The van der Waals surface area contributed by atoms with Gasteiger partial charge in [0.1, 0.15) is 0 Å². The van der Waals surface area contributed by atoms with Gasteiger partial charge in [-0.05, 0) is 0 Å². The van der Waals surface area contributed by atoms with Gasteiger partial charge in [0.05, 0.1) is 22.9 Å². The fourth-order valence-electron chi connectivity index (χ4n) is 1.24. The number of rotatable bonds is 0. The van der Waals surface area contributed by atoms with Crippen molar-refractivity contribution in [1.82, 2.24) is 0 Å². The van der Waals surface area contributed by atoms with Gasteiger partial charge in [-0.1, -0.05) is 0 Å². The second-order valence-electron chi connectivity index (χ2n) is 2.73. The molecule has 0 saturated heterocycles. The summed E-state index contributed by atoms with van der Waals surface area (Å²) in [7, 11) is 0. The van der Waals surface area contributed by atoms with Gasteiger partial charge in [0.15, 0.2) is 23.3 Å². The Morgan fingerprint density at radius 2 is 1.00 bits per heavy atom. The fraction of sp³-hybridized carbons (Fsp3) is 0. The fourth-order valence-corrected chi connectivity index (χ4v) is 1.24. The summed E-state index contributed by atoms with van der Waals surface area (Å²) in [5.41, 5.74) is -2.31. The molecule has 0 fully saturated rings. The van der Waals surface area contributed by atoms with Gasteiger partial charge in [-0.25, -0.2) is 17.6 Å². The number of hydrogen-bond donors (Lipinski definition) is 0. The number of nitrogens with zero attached hydrogens (tertiary/aromatic N) is 1. The van der Waals surface area contributed by atoms with Crippen molar-refractivity contribution in [2.75, 3.05) is 0 Å². The molecule has 0 unspecified atom stereocenters. The van der Waals surface area contributed by atoms with Crippen molar-refractivity contribution in [3.05, 3.63) is 39.7 Å². The zero-order valence-corrected chi connectivity index (χ0v) is 10.9. The maximum Gasteiger partial charge on any atom is 1.00 e. The van der Waals surface area contributed by atoms with Gasteiger partial charge in [0.25, 0.3) is 0 Å². The van der Waals surface area contributed by atoms with Gasteiger partial charge in [-0.3, -0.25) is 0 Å². The van der Waals surface area contributed by atoms with E-state index in [2.05, 4.69) is 5.32 Å². The van der Waals surface area contributed by atoms with Crippen LogP contribution in [0.1, 0.15) is 20.7 Å². The van der Waals surface area contributed by atoms with Crippen LogP contribution < -0.4 is 51.4 Å². The topological polar surface area (TPSA) is 48.2 Å². The molecule has 0 atom stereocenters. The number of amides is 2. The van der Waals surface area contributed by atoms with Crippen LogP contribution in [0.5, 0.6) is 0 Å². The summed E-state index contributed by atoms with van der Waals surface area (Å²) < 4.78 is 51.2. The summed E-state index contributed by atoms with van der Waals surface area (Å²) >= 11 is 0. The Kier molecular flexibility index (Phi) is 3.90. The Bertz CT molecular complexity index is 472. The molecule has 8 heteroatoms. The van der Waals surface area contributed by atoms with Crippen LogP contribution in [0.4, 0.5) is 17.6 Å². The Labute approximate surface area is 129 Å². The number of halogens is 4. The molecule has 1 aromatic rings. The van der Waals surface area contributed by atoms with Gasteiger partial charge in [-0.15, -0.1) is 0 Å². The van der Waals surface area contributed by atoms with Crippen LogP contribution in [0.3, 0.4) is 0 Å². The molecule has 3 nitrogen and oxygen atoms in total. The van der Waals surface area contributed by atoms with E-state index in [1.807, 2.05) is 0 Å². The molecule has 0 radical (unpaired) electrons. The minimum Gasteiger partial charge on any atom is -0.587 e. The first-order valence-corrected chi connectivity index (χ1v) is 3.61. The van der Waals surface area contributed by atoms with Crippen molar-refractivity contribution in [3.63, 3.8) is 0 Å². The summed E-state index contributed by atoms with van der Waals surface area (Å²) in [6.45, 7) is 0. The molecular weight excluding hydrogens is 257 g/mol. The van der Waals surface area contributed by atoms with Crippen molar-refractivity contribution in [2.45, 2.75) is 0 Å². The van der Waals surface area contributed by atoms with E-state index < -0.39 is 46.2 Å². The SMILES string of the molecule is O=C1[N-]C(=O)c2c(F)c(F)c(F)c(F)c21.[K+]. The third-order valence-corrected chi connectivity index (χ3v) is 1.90. The predicted octanol–water partition coefficient (Wildman–Crippen LogP) is -1.09. The average Bonchev–Trinajstić information content (AvgIpc) is 2.47. The normalized spacial score (nSPS) is 13.2. The third kappa shape index (κ3) is 1.74. The van der Waals surface area contributed by atoms with E-state index in [-0.39, 0.29) is 51.4 Å². The molecular formula is C8F4KNO2. The maximum absolute atomic E-state index is 13.0. The van der Waals surface area contributed by atoms with Crippen molar-refractivity contribution in [1.29, 1.82) is 0 Å². The first kappa shape index (κ1) is 13.8. The molecule has 78 valence electrons. The van der Waals surface area contributed by atoms with Gasteiger partial charge >= 0.3 is 51.4 Å². The molecule has 1 aliphatic heterocycles. The largest absolute Gasteiger partial charge is 1.00 e. The Morgan fingerprint density at radius 3 is 1.31 bits per heavy atom. The second-order valence-corrected chi connectivity index (χ2v) is 2.73. The Hall–Kier alpha value is -0.284. The monoisotopic (exact) mass is 257 g/mol. The van der Waals surface area contributed by atoms with E-state index in [4.69, 9.17) is 0 Å². The third-order valence-electron chi connectivity index (χ3n) is 1.90. The zero-order chi connectivity index (χ0) is 11.3. The number of hydrogen-bond acceptors (Lipinski definition) is 2. The summed E-state index contributed by atoms with van der Waals surface area (Å²) in [5, 5.41) is 2.67. The summed E-state index contributed by atoms with van der Waals surface area (Å²) in [6.07, 6.45) is 0. The average molecular weight is 257 g/mol. The van der Waals surface area contributed by atoms with E-state index in [0.29, 0.717) is 0 Å². The van der Waals surface area contributed by atoms with E-state index in [0.717, 1.165) is 0 Å². The van der Waals surface area contributed by atoms with Crippen LogP contribution in [0, 0.1) is 23.3 Å². The molecule has 0 aliphatic carbocycles. The Morgan fingerprint density at radius 1 is 0.688 bits per heavy atom. The molecule has 1 aromatic carbocycles.